The van der Waals surface area contributed by atoms with E-state index in [4.69, 9.17) is 11.6 Å². The SMILES string of the molecule is O=C(CN1CCNCC1)N/N=C/c1nc(-c2ccccc2Cl)c2cc(Br)ccc2n1. The Hall–Kier alpha value is -2.39. The summed E-state index contributed by atoms with van der Waals surface area (Å²) in [7, 11) is 0. The van der Waals surface area contributed by atoms with E-state index >= 15 is 0 Å². The van der Waals surface area contributed by atoms with Crippen molar-refractivity contribution < 1.29 is 4.79 Å². The third-order valence-electron chi connectivity index (χ3n) is 4.75. The minimum Gasteiger partial charge on any atom is -0.314 e. The number of amides is 1. The molecule has 2 heterocycles. The van der Waals surface area contributed by atoms with Gasteiger partial charge in [0.15, 0.2) is 5.82 Å². The fourth-order valence-electron chi connectivity index (χ4n) is 3.30. The molecule has 0 aliphatic carbocycles. The molecule has 3 aromatic rings. The number of halogens is 2. The van der Waals surface area contributed by atoms with Gasteiger partial charge in [-0.3, -0.25) is 9.69 Å². The second kappa shape index (κ2) is 9.61. The second-order valence-corrected chi connectivity index (χ2v) is 8.21. The second-order valence-electron chi connectivity index (χ2n) is 6.89. The van der Waals surface area contributed by atoms with Crippen LogP contribution in [0.3, 0.4) is 0 Å². The van der Waals surface area contributed by atoms with Crippen LogP contribution < -0.4 is 10.7 Å². The van der Waals surface area contributed by atoms with Gasteiger partial charge in [-0.2, -0.15) is 5.10 Å². The van der Waals surface area contributed by atoms with Crippen LogP contribution in [0.4, 0.5) is 0 Å². The van der Waals surface area contributed by atoms with Crippen molar-refractivity contribution in [2.24, 2.45) is 5.10 Å². The largest absolute Gasteiger partial charge is 0.314 e. The lowest BCUT2D eigenvalue weighted by atomic mass is 10.1. The monoisotopic (exact) mass is 486 g/mol. The van der Waals surface area contributed by atoms with E-state index in [1.165, 1.54) is 6.21 Å². The van der Waals surface area contributed by atoms with Gasteiger partial charge in [-0.1, -0.05) is 45.7 Å². The highest BCUT2D eigenvalue weighted by molar-refractivity contribution is 9.10. The van der Waals surface area contributed by atoms with Gasteiger partial charge in [-0.25, -0.2) is 15.4 Å². The molecule has 0 bridgehead atoms. The van der Waals surface area contributed by atoms with Crippen molar-refractivity contribution in [1.82, 2.24) is 25.6 Å². The Balaban J connectivity index is 1.58. The lowest BCUT2D eigenvalue weighted by molar-refractivity contribution is -0.122. The number of benzene rings is 2. The Morgan fingerprint density at radius 1 is 1.23 bits per heavy atom. The number of hydrogen-bond donors (Lipinski definition) is 2. The molecule has 1 fully saturated rings. The smallest absolute Gasteiger partial charge is 0.254 e. The highest BCUT2D eigenvalue weighted by atomic mass is 79.9. The van der Waals surface area contributed by atoms with Gasteiger partial charge in [0.25, 0.3) is 5.91 Å². The van der Waals surface area contributed by atoms with Crippen LogP contribution in [0, 0.1) is 0 Å². The summed E-state index contributed by atoms with van der Waals surface area (Å²) >= 11 is 9.92. The standard InChI is InChI=1S/C21H20BrClN6O/c22-14-5-6-18-16(11-14)21(15-3-1-2-4-17(15)23)27-19(26-18)12-25-28-20(30)13-29-9-7-24-8-10-29/h1-6,11-12,24H,7-10,13H2,(H,28,30)/b25-12+. The minimum atomic E-state index is -0.163. The Morgan fingerprint density at radius 2 is 2.03 bits per heavy atom. The van der Waals surface area contributed by atoms with Crippen molar-refractivity contribution in [3.63, 3.8) is 0 Å². The normalized spacial score (nSPS) is 15.0. The van der Waals surface area contributed by atoms with E-state index in [0.717, 1.165) is 47.1 Å². The molecule has 1 saturated heterocycles. The number of hydrogen-bond acceptors (Lipinski definition) is 6. The molecular weight excluding hydrogens is 468 g/mol. The predicted molar refractivity (Wildman–Crippen MR) is 123 cm³/mol. The molecule has 30 heavy (non-hydrogen) atoms. The number of hydrazone groups is 1. The molecule has 1 amide bonds. The van der Waals surface area contributed by atoms with Crippen molar-refractivity contribution >= 4 is 50.6 Å². The zero-order valence-corrected chi connectivity index (χ0v) is 18.4. The summed E-state index contributed by atoms with van der Waals surface area (Å²) in [6.07, 6.45) is 1.46. The van der Waals surface area contributed by atoms with E-state index in [-0.39, 0.29) is 5.91 Å². The molecule has 7 nitrogen and oxygen atoms in total. The van der Waals surface area contributed by atoms with Gasteiger partial charge in [-0.15, -0.1) is 0 Å². The molecule has 9 heteroatoms. The van der Waals surface area contributed by atoms with Gasteiger partial charge in [0, 0.05) is 46.6 Å². The topological polar surface area (TPSA) is 82.5 Å². The van der Waals surface area contributed by atoms with Crippen LogP contribution in [0.5, 0.6) is 0 Å². The van der Waals surface area contributed by atoms with E-state index in [1.54, 1.807) is 0 Å². The molecule has 0 spiro atoms. The van der Waals surface area contributed by atoms with E-state index in [9.17, 15) is 4.79 Å². The van der Waals surface area contributed by atoms with Crippen LogP contribution in [0.1, 0.15) is 5.82 Å². The van der Waals surface area contributed by atoms with E-state index in [0.29, 0.717) is 23.1 Å². The van der Waals surface area contributed by atoms with Crippen molar-refractivity contribution in [2.75, 3.05) is 32.7 Å². The zero-order chi connectivity index (χ0) is 20.9. The molecule has 0 saturated carbocycles. The molecule has 154 valence electrons. The molecular formula is C21H20BrClN6O. The third kappa shape index (κ3) is 5.02. The van der Waals surface area contributed by atoms with Gasteiger partial charge in [0.05, 0.1) is 24.0 Å². The van der Waals surface area contributed by atoms with Gasteiger partial charge in [0.2, 0.25) is 0 Å². The van der Waals surface area contributed by atoms with Crippen LogP contribution in [-0.2, 0) is 4.79 Å². The number of nitrogens with zero attached hydrogens (tertiary/aromatic N) is 4. The molecule has 4 rings (SSSR count). The number of aromatic nitrogens is 2. The highest BCUT2D eigenvalue weighted by Crippen LogP contribution is 2.32. The Bertz CT molecular complexity index is 1100. The van der Waals surface area contributed by atoms with Crippen molar-refractivity contribution in [1.29, 1.82) is 0 Å². The van der Waals surface area contributed by atoms with Gasteiger partial charge >= 0.3 is 0 Å². The first-order valence-electron chi connectivity index (χ1n) is 9.57. The Labute approximate surface area is 187 Å². The maximum Gasteiger partial charge on any atom is 0.254 e. The lowest BCUT2D eigenvalue weighted by Crippen LogP contribution is -2.47. The van der Waals surface area contributed by atoms with E-state index in [1.807, 2.05) is 42.5 Å². The van der Waals surface area contributed by atoms with E-state index < -0.39 is 0 Å². The summed E-state index contributed by atoms with van der Waals surface area (Å²) in [5, 5.41) is 8.79. The van der Waals surface area contributed by atoms with Crippen LogP contribution in [-0.4, -0.2) is 59.7 Å². The zero-order valence-electron chi connectivity index (χ0n) is 16.1. The third-order valence-corrected chi connectivity index (χ3v) is 5.57. The number of rotatable bonds is 5. The van der Waals surface area contributed by atoms with E-state index in [2.05, 4.69) is 46.6 Å². The molecule has 1 aliphatic rings. The molecule has 1 aliphatic heterocycles. The van der Waals surface area contributed by atoms with Crippen molar-refractivity contribution in [2.45, 2.75) is 0 Å². The predicted octanol–water partition coefficient (Wildman–Crippen LogP) is 3.07. The Morgan fingerprint density at radius 3 is 2.83 bits per heavy atom. The molecule has 0 unspecified atom stereocenters. The maximum absolute atomic E-state index is 12.1. The lowest BCUT2D eigenvalue weighted by Gasteiger charge is -2.25. The van der Waals surface area contributed by atoms with Crippen LogP contribution in [0.2, 0.25) is 5.02 Å². The first-order chi connectivity index (χ1) is 14.6. The number of nitrogens with one attached hydrogen (secondary N) is 2. The van der Waals surface area contributed by atoms with Crippen molar-refractivity contribution in [3.8, 4) is 11.3 Å². The number of carbonyl (C=O) groups is 1. The highest BCUT2D eigenvalue weighted by Gasteiger charge is 2.14. The first kappa shape index (κ1) is 20.9. The summed E-state index contributed by atoms with van der Waals surface area (Å²) in [6, 6.07) is 13.3. The number of carbonyl (C=O) groups excluding carboxylic acids is 1. The summed E-state index contributed by atoms with van der Waals surface area (Å²) < 4.78 is 0.925. The maximum atomic E-state index is 12.1. The summed E-state index contributed by atoms with van der Waals surface area (Å²) in [5.41, 5.74) is 4.84. The summed E-state index contributed by atoms with van der Waals surface area (Å²) in [5.74, 6) is 0.228. The Kier molecular flexibility index (Phi) is 6.69. The number of piperazine rings is 1. The first-order valence-corrected chi connectivity index (χ1v) is 10.7. The molecule has 2 aromatic carbocycles. The summed E-state index contributed by atoms with van der Waals surface area (Å²) in [4.78, 5) is 23.4. The molecule has 0 atom stereocenters. The van der Waals surface area contributed by atoms with Gasteiger partial charge in [0.1, 0.15) is 0 Å². The quantitative estimate of drug-likeness (QED) is 0.427. The fourth-order valence-corrected chi connectivity index (χ4v) is 3.89. The van der Waals surface area contributed by atoms with Crippen molar-refractivity contribution in [3.05, 3.63) is 57.8 Å². The summed E-state index contributed by atoms with van der Waals surface area (Å²) in [6.45, 7) is 3.80. The molecule has 0 radical (unpaired) electrons. The van der Waals surface area contributed by atoms with Crippen LogP contribution >= 0.6 is 27.5 Å². The molecule has 2 N–H and O–H groups in total. The van der Waals surface area contributed by atoms with Gasteiger partial charge in [-0.05, 0) is 24.3 Å². The van der Waals surface area contributed by atoms with Crippen LogP contribution in [0.25, 0.3) is 22.2 Å². The fraction of sp³-hybridized carbons (Fsp3) is 0.238. The van der Waals surface area contributed by atoms with Crippen LogP contribution in [0.15, 0.2) is 52.0 Å². The number of fused-ring (bicyclic) bond motifs is 1. The van der Waals surface area contributed by atoms with Gasteiger partial charge < -0.3 is 5.32 Å². The average molecular weight is 488 g/mol. The minimum absolute atomic E-state index is 0.163. The molecule has 1 aromatic heterocycles. The average Bonchev–Trinajstić information content (AvgIpc) is 2.74.